The fourth-order valence-corrected chi connectivity index (χ4v) is 3.56. The highest BCUT2D eigenvalue weighted by Crippen LogP contribution is 2.21. The molecule has 1 N–H and O–H groups in total. The lowest BCUT2D eigenvalue weighted by molar-refractivity contribution is -0.127. The van der Waals surface area contributed by atoms with E-state index in [0.717, 1.165) is 29.4 Å². The van der Waals surface area contributed by atoms with E-state index in [1.54, 1.807) is 10.6 Å². The molecule has 0 radical (unpaired) electrons. The van der Waals surface area contributed by atoms with E-state index in [0.29, 0.717) is 31.3 Å². The summed E-state index contributed by atoms with van der Waals surface area (Å²) in [7, 11) is 0. The topological polar surface area (TPSA) is 67.5 Å². The van der Waals surface area contributed by atoms with Gasteiger partial charge in [-0.1, -0.05) is 29.8 Å². The SMILES string of the molecule is CC(C)CNC(=O)C1CCCN(Cn2c(=O)oc3cc(Br)ccc32)C1. The summed E-state index contributed by atoms with van der Waals surface area (Å²) in [5.74, 6) is 0.181. The van der Waals surface area contributed by atoms with Gasteiger partial charge in [0.05, 0.1) is 18.1 Å². The number of rotatable bonds is 5. The predicted octanol–water partition coefficient (Wildman–Crippen LogP) is 2.80. The van der Waals surface area contributed by atoms with E-state index < -0.39 is 0 Å². The standard InChI is InChI=1S/C18H24BrN3O3/c1-12(2)9-20-17(23)13-4-3-7-21(10-13)11-22-15-6-5-14(19)8-16(15)25-18(22)24/h5-6,8,12-13H,3-4,7,9-11H2,1-2H3,(H,20,23). The van der Waals surface area contributed by atoms with Gasteiger partial charge in [-0.15, -0.1) is 0 Å². The number of nitrogens with zero attached hydrogens (tertiary/aromatic N) is 2. The molecule has 2 aromatic rings. The Kier molecular flexibility index (Phi) is 5.64. The average molecular weight is 410 g/mol. The van der Waals surface area contributed by atoms with Crippen molar-refractivity contribution < 1.29 is 9.21 Å². The molecule has 136 valence electrons. The van der Waals surface area contributed by atoms with Crippen molar-refractivity contribution >= 4 is 32.9 Å². The molecule has 25 heavy (non-hydrogen) atoms. The summed E-state index contributed by atoms with van der Waals surface area (Å²) in [5, 5.41) is 3.02. The molecule has 0 spiro atoms. The Morgan fingerprint density at radius 2 is 2.24 bits per heavy atom. The third kappa shape index (κ3) is 4.33. The van der Waals surface area contributed by atoms with Crippen LogP contribution in [0.15, 0.2) is 31.9 Å². The van der Waals surface area contributed by atoms with Crippen molar-refractivity contribution in [2.24, 2.45) is 11.8 Å². The second kappa shape index (κ2) is 7.74. The highest BCUT2D eigenvalue weighted by Gasteiger charge is 2.26. The van der Waals surface area contributed by atoms with Crippen LogP contribution in [0.4, 0.5) is 0 Å². The fourth-order valence-electron chi connectivity index (χ4n) is 3.22. The smallest absolute Gasteiger partial charge is 0.408 e. The normalized spacial score (nSPS) is 18.8. The van der Waals surface area contributed by atoms with Gasteiger partial charge in [0, 0.05) is 17.6 Å². The van der Waals surface area contributed by atoms with Crippen LogP contribution in [0.1, 0.15) is 26.7 Å². The molecule has 1 aromatic carbocycles. The Balaban J connectivity index is 1.70. The van der Waals surface area contributed by atoms with E-state index in [1.165, 1.54) is 0 Å². The zero-order valence-corrected chi connectivity index (χ0v) is 16.2. The van der Waals surface area contributed by atoms with E-state index >= 15 is 0 Å². The minimum absolute atomic E-state index is 0.0180. The monoisotopic (exact) mass is 409 g/mol. The minimum atomic E-state index is -0.362. The van der Waals surface area contributed by atoms with E-state index in [1.807, 2.05) is 12.1 Å². The quantitative estimate of drug-likeness (QED) is 0.823. The molecule has 3 rings (SSSR count). The minimum Gasteiger partial charge on any atom is -0.408 e. The lowest BCUT2D eigenvalue weighted by atomic mass is 9.97. The van der Waals surface area contributed by atoms with Crippen LogP contribution in [-0.4, -0.2) is 35.0 Å². The van der Waals surface area contributed by atoms with Gasteiger partial charge < -0.3 is 9.73 Å². The van der Waals surface area contributed by atoms with Gasteiger partial charge in [-0.3, -0.25) is 14.3 Å². The zero-order chi connectivity index (χ0) is 18.0. The van der Waals surface area contributed by atoms with Crippen LogP contribution in [0.25, 0.3) is 11.1 Å². The lowest BCUT2D eigenvalue weighted by Crippen LogP contribution is -2.44. The molecule has 1 aliphatic rings. The van der Waals surface area contributed by atoms with E-state index in [-0.39, 0.29) is 17.6 Å². The Bertz CT molecular complexity index is 811. The van der Waals surface area contributed by atoms with E-state index in [4.69, 9.17) is 4.42 Å². The number of amides is 1. The number of carbonyl (C=O) groups excluding carboxylic acids is 1. The highest BCUT2D eigenvalue weighted by molar-refractivity contribution is 9.10. The summed E-state index contributed by atoms with van der Waals surface area (Å²) in [6.45, 7) is 6.87. The number of benzene rings is 1. The first kappa shape index (κ1) is 18.2. The molecule has 0 bridgehead atoms. The molecule has 2 heterocycles. The maximum absolute atomic E-state index is 12.3. The van der Waals surface area contributed by atoms with Gasteiger partial charge in [-0.2, -0.15) is 0 Å². The summed E-state index contributed by atoms with van der Waals surface area (Å²) in [6.07, 6.45) is 1.85. The van der Waals surface area contributed by atoms with Gasteiger partial charge in [-0.25, -0.2) is 4.79 Å². The fraction of sp³-hybridized carbons (Fsp3) is 0.556. The molecule has 0 saturated carbocycles. The van der Waals surface area contributed by atoms with Crippen LogP contribution in [-0.2, 0) is 11.5 Å². The first-order valence-corrected chi connectivity index (χ1v) is 9.52. The summed E-state index contributed by atoms with van der Waals surface area (Å²) < 4.78 is 7.84. The Hall–Kier alpha value is -1.60. The maximum atomic E-state index is 12.3. The largest absolute Gasteiger partial charge is 0.421 e. The van der Waals surface area contributed by atoms with Crippen LogP contribution in [0.3, 0.4) is 0 Å². The first-order chi connectivity index (χ1) is 11.9. The van der Waals surface area contributed by atoms with Crippen LogP contribution >= 0.6 is 15.9 Å². The Morgan fingerprint density at radius 1 is 1.44 bits per heavy atom. The van der Waals surface area contributed by atoms with Crippen molar-refractivity contribution in [1.29, 1.82) is 0 Å². The second-order valence-electron chi connectivity index (χ2n) is 7.10. The van der Waals surface area contributed by atoms with E-state index in [9.17, 15) is 9.59 Å². The van der Waals surface area contributed by atoms with Crippen LogP contribution in [0, 0.1) is 11.8 Å². The molecule has 1 aliphatic heterocycles. The third-order valence-corrected chi connectivity index (χ3v) is 5.03. The Labute approximate surface area is 155 Å². The third-order valence-electron chi connectivity index (χ3n) is 4.53. The highest BCUT2D eigenvalue weighted by atomic mass is 79.9. The number of hydrogen-bond acceptors (Lipinski definition) is 4. The molecular weight excluding hydrogens is 386 g/mol. The number of likely N-dealkylation sites (tertiary alicyclic amines) is 1. The molecule has 1 atom stereocenters. The Morgan fingerprint density at radius 3 is 3.00 bits per heavy atom. The molecule has 1 amide bonds. The van der Waals surface area contributed by atoms with Crippen LogP contribution in [0.5, 0.6) is 0 Å². The second-order valence-corrected chi connectivity index (χ2v) is 8.02. The van der Waals surface area contributed by atoms with Gasteiger partial charge in [-0.05, 0) is 43.5 Å². The number of piperidine rings is 1. The number of halogens is 1. The summed E-state index contributed by atoms with van der Waals surface area (Å²) in [5.41, 5.74) is 1.35. The average Bonchev–Trinajstić information content (AvgIpc) is 2.87. The van der Waals surface area contributed by atoms with Crippen LogP contribution < -0.4 is 11.1 Å². The molecule has 1 aromatic heterocycles. The van der Waals surface area contributed by atoms with Crippen molar-refractivity contribution in [3.8, 4) is 0 Å². The zero-order valence-electron chi connectivity index (χ0n) is 14.6. The number of carbonyl (C=O) groups is 1. The van der Waals surface area contributed by atoms with Crippen molar-refractivity contribution in [1.82, 2.24) is 14.8 Å². The molecule has 0 aliphatic carbocycles. The van der Waals surface area contributed by atoms with Crippen LogP contribution in [0.2, 0.25) is 0 Å². The summed E-state index contributed by atoms with van der Waals surface area (Å²) in [4.78, 5) is 26.7. The van der Waals surface area contributed by atoms with Crippen molar-refractivity contribution in [2.45, 2.75) is 33.4 Å². The number of nitrogens with one attached hydrogen (secondary N) is 1. The molecular formula is C18H24BrN3O3. The molecule has 1 unspecified atom stereocenters. The van der Waals surface area contributed by atoms with E-state index in [2.05, 4.69) is 40.0 Å². The van der Waals surface area contributed by atoms with Gasteiger partial charge in [0.1, 0.15) is 0 Å². The van der Waals surface area contributed by atoms with Crippen molar-refractivity contribution in [3.63, 3.8) is 0 Å². The number of oxazole rings is 1. The molecule has 1 fully saturated rings. The number of hydrogen-bond donors (Lipinski definition) is 1. The maximum Gasteiger partial charge on any atom is 0.421 e. The molecule has 7 heteroatoms. The van der Waals surface area contributed by atoms with Crippen molar-refractivity contribution in [3.05, 3.63) is 33.2 Å². The van der Waals surface area contributed by atoms with Gasteiger partial charge in [0.25, 0.3) is 0 Å². The first-order valence-electron chi connectivity index (χ1n) is 8.73. The summed E-state index contributed by atoms with van der Waals surface area (Å²) >= 11 is 3.39. The van der Waals surface area contributed by atoms with Gasteiger partial charge in [0.2, 0.25) is 5.91 Å². The molecule has 1 saturated heterocycles. The van der Waals surface area contributed by atoms with Crippen molar-refractivity contribution in [2.75, 3.05) is 19.6 Å². The number of fused-ring (bicyclic) bond motifs is 1. The number of aromatic nitrogens is 1. The van der Waals surface area contributed by atoms with Gasteiger partial charge >= 0.3 is 5.76 Å². The summed E-state index contributed by atoms with van der Waals surface area (Å²) in [6, 6.07) is 5.57. The molecule has 6 nitrogen and oxygen atoms in total. The lowest BCUT2D eigenvalue weighted by Gasteiger charge is -2.32. The predicted molar refractivity (Wildman–Crippen MR) is 100 cm³/mol. The van der Waals surface area contributed by atoms with Gasteiger partial charge in [0.15, 0.2) is 5.58 Å².